The molecule has 0 aliphatic rings. The van der Waals surface area contributed by atoms with Gasteiger partial charge < -0.3 is 5.32 Å². The molecule has 2 aromatic carbocycles. The van der Waals surface area contributed by atoms with E-state index in [0.29, 0.717) is 15.1 Å². The normalized spacial score (nSPS) is 12.2. The number of hydrogen-bond acceptors (Lipinski definition) is 1. The fourth-order valence-corrected chi connectivity index (χ4v) is 2.33. The average molecular weight is 301 g/mol. The Morgan fingerprint density at radius 3 is 2.28 bits per heavy atom. The monoisotopic (exact) mass is 299 g/mol. The molecule has 4 heteroatoms. The summed E-state index contributed by atoms with van der Waals surface area (Å²) in [5.74, 6) is 0. The second-order valence-corrected chi connectivity index (χ2v) is 5.24. The van der Waals surface area contributed by atoms with Crippen molar-refractivity contribution in [3.05, 3.63) is 63.1 Å². The maximum atomic E-state index is 6.19. The molecule has 1 N–H and O–H groups in total. The molecule has 94 valence electrons. The number of hydrogen-bond donors (Lipinski definition) is 1. The van der Waals surface area contributed by atoms with Gasteiger partial charge in [0.25, 0.3) is 0 Å². The molecule has 0 heterocycles. The third-order valence-electron chi connectivity index (χ3n) is 2.68. The van der Waals surface area contributed by atoms with Crippen molar-refractivity contribution >= 4 is 40.5 Å². The second-order valence-electron chi connectivity index (χ2n) is 4.02. The summed E-state index contributed by atoms with van der Waals surface area (Å²) in [6.45, 7) is 2.03. The fourth-order valence-electron chi connectivity index (χ4n) is 1.73. The summed E-state index contributed by atoms with van der Waals surface area (Å²) in [4.78, 5) is 0. The van der Waals surface area contributed by atoms with Gasteiger partial charge in [-0.1, -0.05) is 46.9 Å². The summed E-state index contributed by atoms with van der Waals surface area (Å²) in [6, 6.07) is 13.2. The molecule has 0 amide bonds. The summed E-state index contributed by atoms with van der Waals surface area (Å²) < 4.78 is 0. The van der Waals surface area contributed by atoms with Crippen LogP contribution in [0.2, 0.25) is 15.1 Å². The lowest BCUT2D eigenvalue weighted by atomic mass is 10.1. The molecular weight excluding hydrogens is 289 g/mol. The van der Waals surface area contributed by atoms with E-state index in [-0.39, 0.29) is 6.04 Å². The summed E-state index contributed by atoms with van der Waals surface area (Å²) >= 11 is 18.0. The minimum Gasteiger partial charge on any atom is -0.378 e. The Morgan fingerprint density at radius 2 is 1.61 bits per heavy atom. The second kappa shape index (κ2) is 5.83. The number of nitrogens with one attached hydrogen (secondary N) is 1. The van der Waals surface area contributed by atoms with Crippen LogP contribution in [0.5, 0.6) is 0 Å². The predicted octanol–water partition coefficient (Wildman–Crippen LogP) is 5.82. The van der Waals surface area contributed by atoms with E-state index in [1.807, 2.05) is 43.3 Å². The molecule has 18 heavy (non-hydrogen) atoms. The Labute approximate surface area is 122 Å². The zero-order valence-electron chi connectivity index (χ0n) is 9.75. The Kier molecular flexibility index (Phi) is 4.39. The van der Waals surface area contributed by atoms with E-state index in [1.54, 1.807) is 6.07 Å². The van der Waals surface area contributed by atoms with Gasteiger partial charge in [0.05, 0.1) is 16.1 Å². The highest BCUT2D eigenvalue weighted by molar-refractivity contribution is 6.42. The molecule has 0 saturated heterocycles. The smallest absolute Gasteiger partial charge is 0.0644 e. The van der Waals surface area contributed by atoms with Gasteiger partial charge in [0.1, 0.15) is 0 Å². The zero-order chi connectivity index (χ0) is 13.1. The molecule has 0 aliphatic carbocycles. The van der Waals surface area contributed by atoms with Crippen LogP contribution in [0.3, 0.4) is 0 Å². The average Bonchev–Trinajstić information content (AvgIpc) is 2.35. The standard InChI is InChI=1S/C14H12Cl3N/c1-9(12-3-2-4-13(16)14(12)17)18-11-7-5-10(15)6-8-11/h2-9,18H,1H3. The molecule has 1 nitrogen and oxygen atoms in total. The third-order valence-corrected chi connectivity index (χ3v) is 3.76. The topological polar surface area (TPSA) is 12.0 Å². The summed E-state index contributed by atoms with van der Waals surface area (Å²) in [5.41, 5.74) is 1.96. The van der Waals surface area contributed by atoms with E-state index in [9.17, 15) is 0 Å². The molecule has 0 fully saturated rings. The highest BCUT2D eigenvalue weighted by Crippen LogP contribution is 2.31. The first-order valence-corrected chi connectivity index (χ1v) is 6.67. The van der Waals surface area contributed by atoms with Gasteiger partial charge in [-0.3, -0.25) is 0 Å². The number of anilines is 1. The van der Waals surface area contributed by atoms with Crippen molar-refractivity contribution in [2.24, 2.45) is 0 Å². The van der Waals surface area contributed by atoms with E-state index in [4.69, 9.17) is 34.8 Å². The van der Waals surface area contributed by atoms with Crippen molar-refractivity contribution in [3.63, 3.8) is 0 Å². The van der Waals surface area contributed by atoms with E-state index in [0.717, 1.165) is 11.3 Å². The Morgan fingerprint density at radius 1 is 0.944 bits per heavy atom. The zero-order valence-corrected chi connectivity index (χ0v) is 12.0. The molecule has 2 aromatic rings. The lowest BCUT2D eigenvalue weighted by Crippen LogP contribution is -2.07. The maximum Gasteiger partial charge on any atom is 0.0644 e. The van der Waals surface area contributed by atoms with Crippen LogP contribution in [0.25, 0.3) is 0 Å². The van der Waals surface area contributed by atoms with Gasteiger partial charge in [-0.25, -0.2) is 0 Å². The summed E-state index contributed by atoms with van der Waals surface area (Å²) in [5, 5.41) is 5.23. The highest BCUT2D eigenvalue weighted by atomic mass is 35.5. The molecule has 0 aliphatic heterocycles. The highest BCUT2D eigenvalue weighted by Gasteiger charge is 2.11. The van der Waals surface area contributed by atoms with Gasteiger partial charge >= 0.3 is 0 Å². The molecule has 1 unspecified atom stereocenters. The van der Waals surface area contributed by atoms with Crippen LogP contribution < -0.4 is 5.32 Å². The van der Waals surface area contributed by atoms with Crippen LogP contribution in [-0.2, 0) is 0 Å². The fraction of sp³-hybridized carbons (Fsp3) is 0.143. The lowest BCUT2D eigenvalue weighted by molar-refractivity contribution is 0.885. The molecular formula is C14H12Cl3N. The summed E-state index contributed by atoms with van der Waals surface area (Å²) in [6.07, 6.45) is 0. The van der Waals surface area contributed by atoms with Crippen molar-refractivity contribution in [3.8, 4) is 0 Å². The van der Waals surface area contributed by atoms with Gasteiger partial charge in [0.2, 0.25) is 0 Å². The van der Waals surface area contributed by atoms with Gasteiger partial charge in [0.15, 0.2) is 0 Å². The van der Waals surface area contributed by atoms with E-state index < -0.39 is 0 Å². The molecule has 1 atom stereocenters. The van der Waals surface area contributed by atoms with Crippen molar-refractivity contribution in [2.45, 2.75) is 13.0 Å². The van der Waals surface area contributed by atoms with Crippen molar-refractivity contribution < 1.29 is 0 Å². The minimum atomic E-state index is 0.0670. The van der Waals surface area contributed by atoms with Crippen molar-refractivity contribution in [1.29, 1.82) is 0 Å². The van der Waals surface area contributed by atoms with E-state index in [1.165, 1.54) is 0 Å². The Hall–Kier alpha value is -0.890. The molecule has 2 rings (SSSR count). The van der Waals surface area contributed by atoms with Crippen LogP contribution in [0.1, 0.15) is 18.5 Å². The SMILES string of the molecule is CC(Nc1ccc(Cl)cc1)c1cccc(Cl)c1Cl. The molecule has 0 aromatic heterocycles. The van der Waals surface area contributed by atoms with Crippen LogP contribution in [0, 0.1) is 0 Å². The molecule has 0 radical (unpaired) electrons. The molecule has 0 bridgehead atoms. The lowest BCUT2D eigenvalue weighted by Gasteiger charge is -2.17. The molecule has 0 saturated carbocycles. The van der Waals surface area contributed by atoms with Crippen LogP contribution in [-0.4, -0.2) is 0 Å². The molecule has 0 spiro atoms. The minimum absolute atomic E-state index is 0.0670. The van der Waals surface area contributed by atoms with Gasteiger partial charge in [0, 0.05) is 10.7 Å². The van der Waals surface area contributed by atoms with Crippen LogP contribution >= 0.6 is 34.8 Å². The van der Waals surface area contributed by atoms with E-state index >= 15 is 0 Å². The van der Waals surface area contributed by atoms with Crippen LogP contribution in [0.4, 0.5) is 5.69 Å². The first-order chi connectivity index (χ1) is 8.58. The number of halogens is 3. The first kappa shape index (κ1) is 13.5. The van der Waals surface area contributed by atoms with Crippen LogP contribution in [0.15, 0.2) is 42.5 Å². The Bertz CT molecular complexity index is 537. The first-order valence-electron chi connectivity index (χ1n) is 5.54. The van der Waals surface area contributed by atoms with Gasteiger partial charge in [-0.2, -0.15) is 0 Å². The number of benzene rings is 2. The third kappa shape index (κ3) is 3.11. The predicted molar refractivity (Wildman–Crippen MR) is 80.0 cm³/mol. The van der Waals surface area contributed by atoms with Crippen molar-refractivity contribution in [1.82, 2.24) is 0 Å². The largest absolute Gasteiger partial charge is 0.378 e. The van der Waals surface area contributed by atoms with Crippen molar-refractivity contribution in [2.75, 3.05) is 5.32 Å². The Balaban J connectivity index is 2.19. The van der Waals surface area contributed by atoms with Gasteiger partial charge in [-0.15, -0.1) is 0 Å². The van der Waals surface area contributed by atoms with E-state index in [2.05, 4.69) is 5.32 Å². The number of rotatable bonds is 3. The van der Waals surface area contributed by atoms with Gasteiger partial charge in [-0.05, 0) is 42.8 Å². The summed E-state index contributed by atoms with van der Waals surface area (Å²) in [7, 11) is 0. The maximum absolute atomic E-state index is 6.19. The quantitative estimate of drug-likeness (QED) is 0.753.